The molecular weight excluding hydrogens is 283 g/mol. The van der Waals surface area contributed by atoms with Gasteiger partial charge in [0.05, 0.1) is 17.8 Å². The Morgan fingerprint density at radius 2 is 2.00 bits per heavy atom. The lowest BCUT2D eigenvalue weighted by atomic mass is 10.1. The van der Waals surface area contributed by atoms with Crippen molar-refractivity contribution >= 4 is 29.0 Å². The highest BCUT2D eigenvalue weighted by Gasteiger charge is 2.15. The molecule has 1 heterocycles. The molecule has 0 N–H and O–H groups in total. The Hall–Kier alpha value is -1.32. The van der Waals surface area contributed by atoms with Crippen LogP contribution >= 0.6 is 23.2 Å². The minimum absolute atomic E-state index is 0.0263. The fourth-order valence-corrected chi connectivity index (χ4v) is 2.56. The zero-order valence-corrected chi connectivity index (χ0v) is 12.5. The van der Waals surface area contributed by atoms with Crippen molar-refractivity contribution in [3.63, 3.8) is 0 Å². The molecule has 0 saturated heterocycles. The van der Waals surface area contributed by atoms with E-state index in [2.05, 4.69) is 5.10 Å². The molecule has 0 aliphatic carbocycles. The largest absolute Gasteiger partial charge is 0.294 e. The second kappa shape index (κ2) is 5.35. The number of Topliss-reactive ketones (excluding diaryl/α,β-unsaturated/α-hetero) is 1. The minimum atomic E-state index is 0.0263. The topological polar surface area (TPSA) is 34.9 Å². The molecule has 3 nitrogen and oxygen atoms in total. The number of hydrogen-bond donors (Lipinski definition) is 0. The standard InChI is InChI=1S/C14H14Cl2N2O/c1-8-14(10(3)19)9(2)18(17-8)7-11-6-12(15)4-5-13(11)16/h4-6H,7H2,1-3H3. The van der Waals surface area contributed by atoms with Crippen LogP contribution in [-0.2, 0) is 6.54 Å². The maximum atomic E-state index is 11.6. The number of benzene rings is 1. The molecule has 0 atom stereocenters. The summed E-state index contributed by atoms with van der Waals surface area (Å²) in [6.07, 6.45) is 0. The third-order valence-corrected chi connectivity index (χ3v) is 3.67. The molecule has 5 heteroatoms. The van der Waals surface area contributed by atoms with Crippen molar-refractivity contribution in [3.8, 4) is 0 Å². The molecule has 0 aliphatic heterocycles. The van der Waals surface area contributed by atoms with Crippen molar-refractivity contribution < 1.29 is 4.79 Å². The van der Waals surface area contributed by atoms with Crippen LogP contribution in [0, 0.1) is 13.8 Å². The molecule has 19 heavy (non-hydrogen) atoms. The first-order chi connectivity index (χ1) is 8.90. The number of ketones is 1. The number of carbonyl (C=O) groups excluding carboxylic acids is 1. The molecule has 0 unspecified atom stereocenters. The van der Waals surface area contributed by atoms with Gasteiger partial charge in [-0.15, -0.1) is 0 Å². The lowest BCUT2D eigenvalue weighted by molar-refractivity contribution is 0.101. The van der Waals surface area contributed by atoms with E-state index in [9.17, 15) is 4.79 Å². The number of halogens is 2. The summed E-state index contributed by atoms with van der Waals surface area (Å²) in [5.41, 5.74) is 3.15. The second-order valence-corrected chi connectivity index (χ2v) is 5.34. The van der Waals surface area contributed by atoms with E-state index in [1.165, 1.54) is 0 Å². The number of aromatic nitrogens is 2. The average molecular weight is 297 g/mol. The van der Waals surface area contributed by atoms with Gasteiger partial charge in [0.15, 0.2) is 5.78 Å². The van der Waals surface area contributed by atoms with Gasteiger partial charge in [-0.1, -0.05) is 23.2 Å². The molecule has 1 aromatic heterocycles. The van der Waals surface area contributed by atoms with E-state index in [-0.39, 0.29) is 5.78 Å². The fourth-order valence-electron chi connectivity index (χ4n) is 2.19. The molecule has 0 bridgehead atoms. The third kappa shape index (κ3) is 2.82. The smallest absolute Gasteiger partial charge is 0.163 e. The first kappa shape index (κ1) is 14.1. The second-order valence-electron chi connectivity index (χ2n) is 4.50. The van der Waals surface area contributed by atoms with E-state index in [4.69, 9.17) is 23.2 Å². The molecule has 0 fully saturated rings. The highest BCUT2D eigenvalue weighted by Crippen LogP contribution is 2.23. The van der Waals surface area contributed by atoms with E-state index in [1.54, 1.807) is 23.7 Å². The summed E-state index contributed by atoms with van der Waals surface area (Å²) in [5.74, 6) is 0.0263. The highest BCUT2D eigenvalue weighted by molar-refractivity contribution is 6.33. The monoisotopic (exact) mass is 296 g/mol. The lowest BCUT2D eigenvalue weighted by Gasteiger charge is -2.07. The van der Waals surface area contributed by atoms with Gasteiger partial charge in [-0.05, 0) is 44.5 Å². The zero-order chi connectivity index (χ0) is 14.2. The first-order valence-electron chi connectivity index (χ1n) is 5.89. The van der Waals surface area contributed by atoms with Gasteiger partial charge in [-0.2, -0.15) is 5.10 Å². The SMILES string of the molecule is CC(=O)c1c(C)nn(Cc2cc(Cl)ccc2Cl)c1C. The zero-order valence-electron chi connectivity index (χ0n) is 11.0. The number of hydrogen-bond acceptors (Lipinski definition) is 2. The fraction of sp³-hybridized carbons (Fsp3) is 0.286. The van der Waals surface area contributed by atoms with Crippen LogP contribution < -0.4 is 0 Å². The average Bonchev–Trinajstić information content (AvgIpc) is 2.59. The van der Waals surface area contributed by atoms with Gasteiger partial charge >= 0.3 is 0 Å². The van der Waals surface area contributed by atoms with Crippen LogP contribution in [0.3, 0.4) is 0 Å². The molecule has 0 spiro atoms. The van der Waals surface area contributed by atoms with Crippen molar-refractivity contribution in [2.45, 2.75) is 27.3 Å². The van der Waals surface area contributed by atoms with Crippen LogP contribution in [0.5, 0.6) is 0 Å². The van der Waals surface area contributed by atoms with E-state index < -0.39 is 0 Å². The quantitative estimate of drug-likeness (QED) is 0.801. The Morgan fingerprint density at radius 1 is 1.32 bits per heavy atom. The predicted octanol–water partition coefficient (Wildman–Crippen LogP) is 4.06. The van der Waals surface area contributed by atoms with Crippen molar-refractivity contribution in [2.24, 2.45) is 0 Å². The predicted molar refractivity (Wildman–Crippen MR) is 77.3 cm³/mol. The van der Waals surface area contributed by atoms with Crippen LogP contribution in [0.2, 0.25) is 10.0 Å². The van der Waals surface area contributed by atoms with Crippen LogP contribution in [0.15, 0.2) is 18.2 Å². The summed E-state index contributed by atoms with van der Waals surface area (Å²) in [6, 6.07) is 5.32. The van der Waals surface area contributed by atoms with Crippen LogP contribution in [0.4, 0.5) is 0 Å². The third-order valence-electron chi connectivity index (χ3n) is 3.06. The highest BCUT2D eigenvalue weighted by atomic mass is 35.5. The molecule has 100 valence electrons. The molecule has 0 amide bonds. The Bertz CT molecular complexity index is 647. The Kier molecular flexibility index (Phi) is 3.97. The van der Waals surface area contributed by atoms with Crippen molar-refractivity contribution in [2.75, 3.05) is 0 Å². The Morgan fingerprint density at radius 3 is 2.58 bits per heavy atom. The summed E-state index contributed by atoms with van der Waals surface area (Å²) in [5, 5.41) is 5.66. The van der Waals surface area contributed by atoms with E-state index in [0.29, 0.717) is 22.2 Å². The van der Waals surface area contributed by atoms with Gasteiger partial charge in [0.25, 0.3) is 0 Å². The minimum Gasteiger partial charge on any atom is -0.294 e. The van der Waals surface area contributed by atoms with E-state index in [1.807, 2.05) is 19.9 Å². The molecule has 0 saturated carbocycles. The van der Waals surface area contributed by atoms with Gasteiger partial charge in [-0.3, -0.25) is 9.48 Å². The van der Waals surface area contributed by atoms with E-state index >= 15 is 0 Å². The van der Waals surface area contributed by atoms with Crippen molar-refractivity contribution in [1.29, 1.82) is 0 Å². The Balaban J connectivity index is 2.42. The van der Waals surface area contributed by atoms with Crippen LogP contribution in [0.25, 0.3) is 0 Å². The molecule has 2 aromatic rings. The van der Waals surface area contributed by atoms with Gasteiger partial charge in [0.1, 0.15) is 0 Å². The summed E-state index contributed by atoms with van der Waals surface area (Å²) >= 11 is 12.1. The lowest BCUT2D eigenvalue weighted by Crippen LogP contribution is -2.05. The molecular formula is C14H14Cl2N2O. The van der Waals surface area contributed by atoms with Crippen LogP contribution in [-0.4, -0.2) is 15.6 Å². The summed E-state index contributed by atoms with van der Waals surface area (Å²) in [7, 11) is 0. The normalized spacial score (nSPS) is 10.8. The van der Waals surface area contributed by atoms with Gasteiger partial charge in [0.2, 0.25) is 0 Å². The molecule has 0 radical (unpaired) electrons. The first-order valence-corrected chi connectivity index (χ1v) is 6.64. The number of aryl methyl sites for hydroxylation is 1. The van der Waals surface area contributed by atoms with Crippen LogP contribution in [0.1, 0.15) is 34.2 Å². The van der Waals surface area contributed by atoms with Gasteiger partial charge < -0.3 is 0 Å². The number of carbonyl (C=O) groups is 1. The number of nitrogens with zero attached hydrogens (tertiary/aromatic N) is 2. The summed E-state index contributed by atoms with van der Waals surface area (Å²) < 4.78 is 1.78. The Labute approximate surface area is 122 Å². The van der Waals surface area contributed by atoms with Crippen molar-refractivity contribution in [1.82, 2.24) is 9.78 Å². The maximum Gasteiger partial charge on any atom is 0.163 e. The molecule has 2 rings (SSSR count). The number of rotatable bonds is 3. The van der Waals surface area contributed by atoms with E-state index in [0.717, 1.165) is 17.0 Å². The van der Waals surface area contributed by atoms with Gasteiger partial charge in [-0.25, -0.2) is 0 Å². The summed E-state index contributed by atoms with van der Waals surface area (Å²) in [4.78, 5) is 11.6. The van der Waals surface area contributed by atoms with Crippen molar-refractivity contribution in [3.05, 3.63) is 50.8 Å². The van der Waals surface area contributed by atoms with Gasteiger partial charge in [0, 0.05) is 15.7 Å². The maximum absolute atomic E-state index is 11.6. The molecule has 0 aliphatic rings. The molecule has 1 aromatic carbocycles. The summed E-state index contributed by atoms with van der Waals surface area (Å²) in [6.45, 7) is 5.77.